The molecule has 0 bridgehead atoms. The van der Waals surface area contributed by atoms with E-state index in [-0.39, 0.29) is 18.4 Å². The first-order valence-electron chi connectivity index (χ1n) is 6.77. The highest BCUT2D eigenvalue weighted by Crippen LogP contribution is 2.17. The summed E-state index contributed by atoms with van der Waals surface area (Å²) < 4.78 is 0. The van der Waals surface area contributed by atoms with Crippen LogP contribution in [0.5, 0.6) is 0 Å². The summed E-state index contributed by atoms with van der Waals surface area (Å²) in [7, 11) is 0. The molecule has 5 nitrogen and oxygen atoms in total. The van der Waals surface area contributed by atoms with E-state index in [2.05, 4.69) is 5.32 Å². The molecule has 2 rings (SSSR count). The van der Waals surface area contributed by atoms with E-state index in [0.717, 1.165) is 16.8 Å². The number of carbonyl (C=O) groups excluding carboxylic acids is 1. The number of anilines is 1. The molecule has 20 heavy (non-hydrogen) atoms. The number of carbonyl (C=O) groups is 2. The summed E-state index contributed by atoms with van der Waals surface area (Å²) >= 11 is 0. The van der Waals surface area contributed by atoms with E-state index in [1.807, 2.05) is 36.9 Å². The van der Waals surface area contributed by atoms with E-state index in [4.69, 9.17) is 5.11 Å². The third-order valence-electron chi connectivity index (χ3n) is 3.49. The zero-order valence-electron chi connectivity index (χ0n) is 11.8. The number of rotatable bonds is 4. The Labute approximate surface area is 118 Å². The molecule has 1 aliphatic heterocycles. The predicted molar refractivity (Wildman–Crippen MR) is 76.7 cm³/mol. The minimum atomic E-state index is -0.776. The van der Waals surface area contributed by atoms with Gasteiger partial charge in [-0.2, -0.15) is 0 Å². The summed E-state index contributed by atoms with van der Waals surface area (Å²) in [5, 5.41) is 11.8. The predicted octanol–water partition coefficient (Wildman–Crippen LogP) is 1.65. The molecule has 5 heteroatoms. The van der Waals surface area contributed by atoms with Crippen LogP contribution in [0.4, 0.5) is 5.69 Å². The quantitative estimate of drug-likeness (QED) is 0.877. The van der Waals surface area contributed by atoms with E-state index >= 15 is 0 Å². The topological polar surface area (TPSA) is 69.6 Å². The van der Waals surface area contributed by atoms with Crippen molar-refractivity contribution in [3.05, 3.63) is 29.3 Å². The van der Waals surface area contributed by atoms with Gasteiger partial charge in [-0.3, -0.25) is 14.5 Å². The standard InChI is InChI=1S/C15H20N2O3/c1-10-5-11(2)7-13(6-10)16-14(18)9-17-4-3-12(8-17)15(19)20/h5-7,12H,3-4,8-9H2,1-2H3,(H,16,18)(H,19,20). The number of hydrogen-bond donors (Lipinski definition) is 2. The van der Waals surface area contributed by atoms with Crippen molar-refractivity contribution in [1.82, 2.24) is 4.90 Å². The Balaban J connectivity index is 1.88. The summed E-state index contributed by atoms with van der Waals surface area (Å²) in [4.78, 5) is 24.7. The molecule has 0 aliphatic carbocycles. The van der Waals surface area contributed by atoms with Crippen molar-refractivity contribution in [1.29, 1.82) is 0 Å². The molecule has 1 unspecified atom stereocenters. The van der Waals surface area contributed by atoms with Gasteiger partial charge in [-0.1, -0.05) is 6.07 Å². The highest BCUT2D eigenvalue weighted by molar-refractivity contribution is 5.92. The second-order valence-electron chi connectivity index (χ2n) is 5.48. The van der Waals surface area contributed by atoms with Gasteiger partial charge in [0.05, 0.1) is 12.5 Å². The smallest absolute Gasteiger partial charge is 0.307 e. The van der Waals surface area contributed by atoms with Crippen molar-refractivity contribution in [3.8, 4) is 0 Å². The molecule has 2 N–H and O–H groups in total. The fourth-order valence-electron chi connectivity index (χ4n) is 2.63. The molecule has 0 saturated carbocycles. The maximum absolute atomic E-state index is 12.0. The summed E-state index contributed by atoms with van der Waals surface area (Å²) in [6.45, 7) is 5.34. The minimum absolute atomic E-state index is 0.0963. The molecular weight excluding hydrogens is 256 g/mol. The Bertz CT molecular complexity index is 508. The Morgan fingerprint density at radius 2 is 1.95 bits per heavy atom. The number of aliphatic carboxylic acids is 1. The molecule has 1 aromatic rings. The number of nitrogens with zero attached hydrogens (tertiary/aromatic N) is 1. The first-order chi connectivity index (χ1) is 9.44. The van der Waals surface area contributed by atoms with Gasteiger partial charge in [0.1, 0.15) is 0 Å². The van der Waals surface area contributed by atoms with Crippen molar-refractivity contribution in [2.45, 2.75) is 20.3 Å². The molecular formula is C15H20N2O3. The van der Waals surface area contributed by atoms with Gasteiger partial charge in [0, 0.05) is 12.2 Å². The molecule has 1 aliphatic rings. The second kappa shape index (κ2) is 6.05. The van der Waals surface area contributed by atoms with Gasteiger partial charge in [-0.25, -0.2) is 0 Å². The van der Waals surface area contributed by atoms with Crippen LogP contribution in [-0.4, -0.2) is 41.5 Å². The maximum Gasteiger partial charge on any atom is 0.307 e. The van der Waals surface area contributed by atoms with Gasteiger partial charge in [-0.05, 0) is 50.1 Å². The molecule has 1 heterocycles. The Morgan fingerprint density at radius 3 is 2.50 bits per heavy atom. The van der Waals surface area contributed by atoms with Crippen molar-refractivity contribution in [3.63, 3.8) is 0 Å². The van der Waals surface area contributed by atoms with Crippen molar-refractivity contribution < 1.29 is 14.7 Å². The molecule has 0 spiro atoms. The van der Waals surface area contributed by atoms with Gasteiger partial charge >= 0.3 is 5.97 Å². The van der Waals surface area contributed by atoms with Gasteiger partial charge in [-0.15, -0.1) is 0 Å². The molecule has 0 radical (unpaired) electrons. The maximum atomic E-state index is 12.0. The Morgan fingerprint density at radius 1 is 1.30 bits per heavy atom. The highest BCUT2D eigenvalue weighted by atomic mass is 16.4. The number of nitrogens with one attached hydrogen (secondary N) is 1. The lowest BCUT2D eigenvalue weighted by molar-refractivity contribution is -0.141. The molecule has 1 amide bonds. The van der Waals surface area contributed by atoms with E-state index in [0.29, 0.717) is 19.5 Å². The first kappa shape index (κ1) is 14.5. The summed E-state index contributed by atoms with van der Waals surface area (Å²) in [5.74, 6) is -1.22. The summed E-state index contributed by atoms with van der Waals surface area (Å²) in [6, 6.07) is 5.90. The van der Waals surface area contributed by atoms with Crippen LogP contribution in [0.3, 0.4) is 0 Å². The highest BCUT2D eigenvalue weighted by Gasteiger charge is 2.28. The van der Waals surface area contributed by atoms with Gasteiger partial charge in [0.2, 0.25) is 5.91 Å². The zero-order valence-corrected chi connectivity index (χ0v) is 11.8. The van der Waals surface area contributed by atoms with Crippen LogP contribution in [0.15, 0.2) is 18.2 Å². The zero-order chi connectivity index (χ0) is 14.7. The summed E-state index contributed by atoms with van der Waals surface area (Å²) in [5.41, 5.74) is 3.00. The van der Waals surface area contributed by atoms with Crippen LogP contribution in [0, 0.1) is 19.8 Å². The summed E-state index contributed by atoms with van der Waals surface area (Å²) in [6.07, 6.45) is 0.617. The van der Waals surface area contributed by atoms with E-state index in [9.17, 15) is 9.59 Å². The van der Waals surface area contributed by atoms with Crippen molar-refractivity contribution in [2.24, 2.45) is 5.92 Å². The van der Waals surface area contributed by atoms with Crippen LogP contribution < -0.4 is 5.32 Å². The van der Waals surface area contributed by atoms with Crippen LogP contribution >= 0.6 is 0 Å². The van der Waals surface area contributed by atoms with Crippen LogP contribution in [0.25, 0.3) is 0 Å². The number of amides is 1. The van der Waals surface area contributed by atoms with E-state index in [1.165, 1.54) is 0 Å². The van der Waals surface area contributed by atoms with Gasteiger partial charge in [0.25, 0.3) is 0 Å². The van der Waals surface area contributed by atoms with Crippen LogP contribution in [0.1, 0.15) is 17.5 Å². The Hall–Kier alpha value is -1.88. The second-order valence-corrected chi connectivity index (χ2v) is 5.48. The average molecular weight is 276 g/mol. The normalized spacial score (nSPS) is 19.0. The monoisotopic (exact) mass is 276 g/mol. The number of carboxylic acids is 1. The third-order valence-corrected chi connectivity index (χ3v) is 3.49. The molecule has 1 aromatic carbocycles. The van der Waals surface area contributed by atoms with Crippen molar-refractivity contribution >= 4 is 17.6 Å². The number of likely N-dealkylation sites (tertiary alicyclic amines) is 1. The molecule has 1 saturated heterocycles. The number of benzene rings is 1. The fraction of sp³-hybridized carbons (Fsp3) is 0.467. The van der Waals surface area contributed by atoms with Crippen LogP contribution in [0.2, 0.25) is 0 Å². The number of aryl methyl sites for hydroxylation is 2. The average Bonchev–Trinajstić information content (AvgIpc) is 2.75. The lowest BCUT2D eigenvalue weighted by atomic mass is 10.1. The number of hydrogen-bond acceptors (Lipinski definition) is 3. The van der Waals surface area contributed by atoms with Gasteiger partial charge in [0.15, 0.2) is 0 Å². The largest absolute Gasteiger partial charge is 0.481 e. The Kier molecular flexibility index (Phi) is 4.39. The van der Waals surface area contributed by atoms with E-state index in [1.54, 1.807) is 0 Å². The lowest BCUT2D eigenvalue weighted by Crippen LogP contribution is -2.32. The van der Waals surface area contributed by atoms with Gasteiger partial charge < -0.3 is 10.4 Å². The molecule has 1 atom stereocenters. The minimum Gasteiger partial charge on any atom is -0.481 e. The lowest BCUT2D eigenvalue weighted by Gasteiger charge is -2.15. The van der Waals surface area contributed by atoms with Crippen LogP contribution in [-0.2, 0) is 9.59 Å². The number of carboxylic acid groups (broad SMARTS) is 1. The fourth-order valence-corrected chi connectivity index (χ4v) is 2.63. The SMILES string of the molecule is Cc1cc(C)cc(NC(=O)CN2CCC(C(=O)O)C2)c1. The van der Waals surface area contributed by atoms with Crippen molar-refractivity contribution in [2.75, 3.05) is 25.0 Å². The third kappa shape index (κ3) is 3.81. The molecule has 0 aromatic heterocycles. The first-order valence-corrected chi connectivity index (χ1v) is 6.77. The van der Waals surface area contributed by atoms with E-state index < -0.39 is 5.97 Å². The molecule has 108 valence electrons. The molecule has 1 fully saturated rings.